The van der Waals surface area contributed by atoms with Crippen molar-refractivity contribution in [3.05, 3.63) is 0 Å². The number of aromatic nitrogens is 4. The van der Waals surface area contributed by atoms with Crippen molar-refractivity contribution < 1.29 is 4.79 Å². The average molecular weight is 224 g/mol. The smallest absolute Gasteiger partial charge is 0.242 e. The van der Waals surface area contributed by atoms with E-state index in [0.717, 1.165) is 25.7 Å². The second kappa shape index (κ2) is 4.46. The second-order valence-corrected chi connectivity index (χ2v) is 4.22. The van der Waals surface area contributed by atoms with Gasteiger partial charge in [0.25, 0.3) is 0 Å². The minimum absolute atomic E-state index is 0.0377. The van der Waals surface area contributed by atoms with Crippen molar-refractivity contribution in [2.75, 3.05) is 5.32 Å². The van der Waals surface area contributed by atoms with Gasteiger partial charge in [-0.3, -0.25) is 4.79 Å². The molecule has 0 radical (unpaired) electrons. The predicted octanol–water partition coefficient (Wildman–Crippen LogP) is -0.334. The number of amides is 1. The van der Waals surface area contributed by atoms with Crippen molar-refractivity contribution in [2.45, 2.75) is 31.7 Å². The van der Waals surface area contributed by atoms with Gasteiger partial charge in [-0.2, -0.15) is 0 Å². The van der Waals surface area contributed by atoms with Gasteiger partial charge < -0.3 is 11.1 Å². The van der Waals surface area contributed by atoms with E-state index >= 15 is 0 Å². The Balaban J connectivity index is 1.86. The molecule has 7 heteroatoms. The van der Waals surface area contributed by atoms with Crippen molar-refractivity contribution in [1.82, 2.24) is 20.2 Å². The lowest BCUT2D eigenvalue weighted by Gasteiger charge is -2.27. The van der Waals surface area contributed by atoms with Gasteiger partial charge in [0.15, 0.2) is 0 Å². The maximum absolute atomic E-state index is 11.0. The molecule has 3 N–H and O–H groups in total. The number of carbonyl (C=O) groups is 1. The first-order chi connectivity index (χ1) is 7.66. The number of primary amides is 1. The first-order valence-corrected chi connectivity index (χ1v) is 5.45. The van der Waals surface area contributed by atoms with Crippen molar-refractivity contribution in [1.29, 1.82) is 0 Å². The molecule has 0 spiro atoms. The summed E-state index contributed by atoms with van der Waals surface area (Å²) in [5.41, 5.74) is 5.28. The van der Waals surface area contributed by atoms with E-state index in [4.69, 9.17) is 5.73 Å². The Bertz CT molecular complexity index is 368. The fraction of sp³-hybridized carbons (Fsp3) is 0.778. The topological polar surface area (TPSA) is 98.7 Å². The quantitative estimate of drug-likeness (QED) is 0.732. The molecular weight excluding hydrogens is 208 g/mol. The van der Waals surface area contributed by atoms with Gasteiger partial charge in [0.1, 0.15) is 0 Å². The number of carbonyl (C=O) groups excluding carboxylic acids is 1. The van der Waals surface area contributed by atoms with E-state index in [1.165, 1.54) is 0 Å². The number of anilines is 1. The molecule has 1 fully saturated rings. The highest BCUT2D eigenvalue weighted by Crippen LogP contribution is 2.25. The second-order valence-electron chi connectivity index (χ2n) is 4.22. The molecule has 7 nitrogen and oxygen atoms in total. The monoisotopic (exact) mass is 224 g/mol. The summed E-state index contributed by atoms with van der Waals surface area (Å²) in [4.78, 5) is 11.0. The standard InChI is InChI=1S/C9H16N6O/c1-15-9(12-13-14-15)11-7-4-2-6(3-5-7)8(10)16/h6-7H,2-5H2,1H3,(H2,10,16)(H,11,12,14). The maximum Gasteiger partial charge on any atom is 0.242 e. The molecular formula is C9H16N6O. The zero-order chi connectivity index (χ0) is 11.5. The summed E-state index contributed by atoms with van der Waals surface area (Å²) >= 11 is 0. The van der Waals surface area contributed by atoms with Crippen molar-refractivity contribution in [3.63, 3.8) is 0 Å². The zero-order valence-electron chi connectivity index (χ0n) is 9.26. The van der Waals surface area contributed by atoms with E-state index in [1.54, 1.807) is 11.7 Å². The highest BCUT2D eigenvalue weighted by Gasteiger charge is 2.25. The molecule has 2 rings (SSSR count). The molecule has 0 bridgehead atoms. The van der Waals surface area contributed by atoms with Crippen LogP contribution >= 0.6 is 0 Å². The number of nitrogens with one attached hydrogen (secondary N) is 1. The van der Waals surface area contributed by atoms with Crippen LogP contribution in [0.25, 0.3) is 0 Å². The van der Waals surface area contributed by atoms with Gasteiger partial charge in [0, 0.05) is 19.0 Å². The van der Waals surface area contributed by atoms with E-state index < -0.39 is 0 Å². The first-order valence-electron chi connectivity index (χ1n) is 5.45. The Morgan fingerprint density at radius 3 is 2.62 bits per heavy atom. The molecule has 0 saturated heterocycles. The van der Waals surface area contributed by atoms with Crippen molar-refractivity contribution in [3.8, 4) is 0 Å². The maximum atomic E-state index is 11.0. The van der Waals surface area contributed by atoms with Gasteiger partial charge in [-0.05, 0) is 36.1 Å². The largest absolute Gasteiger partial charge is 0.369 e. The lowest BCUT2D eigenvalue weighted by atomic mass is 9.86. The molecule has 0 unspecified atom stereocenters. The van der Waals surface area contributed by atoms with E-state index in [2.05, 4.69) is 20.8 Å². The number of nitrogens with two attached hydrogens (primary N) is 1. The zero-order valence-corrected chi connectivity index (χ0v) is 9.26. The molecule has 1 aliphatic carbocycles. The molecule has 1 heterocycles. The highest BCUT2D eigenvalue weighted by molar-refractivity contribution is 5.76. The van der Waals surface area contributed by atoms with Gasteiger partial charge in [-0.1, -0.05) is 5.10 Å². The number of hydrogen-bond donors (Lipinski definition) is 2. The molecule has 16 heavy (non-hydrogen) atoms. The third-order valence-electron chi connectivity index (χ3n) is 3.08. The van der Waals surface area contributed by atoms with Gasteiger partial charge in [0.2, 0.25) is 11.9 Å². The molecule has 1 aliphatic rings. The third kappa shape index (κ3) is 2.29. The van der Waals surface area contributed by atoms with Crippen LogP contribution < -0.4 is 11.1 Å². The number of hydrogen-bond acceptors (Lipinski definition) is 5. The van der Waals surface area contributed by atoms with E-state index in [1.807, 2.05) is 0 Å². The van der Waals surface area contributed by atoms with Crippen LogP contribution in [0.15, 0.2) is 0 Å². The Kier molecular flexibility index (Phi) is 3.02. The molecule has 0 aromatic carbocycles. The van der Waals surface area contributed by atoms with Gasteiger partial charge in [0.05, 0.1) is 0 Å². The summed E-state index contributed by atoms with van der Waals surface area (Å²) in [7, 11) is 1.79. The summed E-state index contributed by atoms with van der Waals surface area (Å²) in [6, 6.07) is 0.334. The molecule has 88 valence electrons. The van der Waals surface area contributed by atoms with Crippen LogP contribution in [0.2, 0.25) is 0 Å². The van der Waals surface area contributed by atoms with Crippen molar-refractivity contribution in [2.24, 2.45) is 18.7 Å². The number of aryl methyl sites for hydroxylation is 1. The van der Waals surface area contributed by atoms with Crippen LogP contribution in [-0.2, 0) is 11.8 Å². The molecule has 0 aliphatic heterocycles. The summed E-state index contributed by atoms with van der Waals surface area (Å²) in [6.45, 7) is 0. The Morgan fingerprint density at radius 1 is 1.44 bits per heavy atom. The Morgan fingerprint density at radius 2 is 2.12 bits per heavy atom. The lowest BCUT2D eigenvalue weighted by Crippen LogP contribution is -2.33. The van der Waals surface area contributed by atoms with Crippen LogP contribution in [-0.4, -0.2) is 32.2 Å². The van der Waals surface area contributed by atoms with Gasteiger partial charge >= 0.3 is 0 Å². The molecule has 1 amide bonds. The molecule has 1 saturated carbocycles. The first kappa shape index (κ1) is 10.8. The minimum Gasteiger partial charge on any atom is -0.369 e. The van der Waals surface area contributed by atoms with Crippen LogP contribution in [0.3, 0.4) is 0 Å². The van der Waals surface area contributed by atoms with Crippen molar-refractivity contribution >= 4 is 11.9 Å². The number of rotatable bonds is 3. The Hall–Kier alpha value is -1.66. The summed E-state index contributed by atoms with van der Waals surface area (Å²) in [6.07, 6.45) is 3.55. The highest BCUT2D eigenvalue weighted by atomic mass is 16.1. The van der Waals surface area contributed by atoms with Crippen LogP contribution in [0.5, 0.6) is 0 Å². The van der Waals surface area contributed by atoms with E-state index in [-0.39, 0.29) is 11.8 Å². The van der Waals surface area contributed by atoms with E-state index in [0.29, 0.717) is 12.0 Å². The van der Waals surface area contributed by atoms with E-state index in [9.17, 15) is 4.79 Å². The Labute approximate surface area is 93.4 Å². The lowest BCUT2D eigenvalue weighted by molar-refractivity contribution is -0.122. The van der Waals surface area contributed by atoms with Gasteiger partial charge in [-0.15, -0.1) is 0 Å². The molecule has 0 atom stereocenters. The fourth-order valence-electron chi connectivity index (χ4n) is 2.06. The number of tetrazole rings is 1. The summed E-state index contributed by atoms with van der Waals surface area (Å²) in [5, 5.41) is 14.4. The van der Waals surface area contributed by atoms with Crippen LogP contribution in [0.4, 0.5) is 5.95 Å². The predicted molar refractivity (Wildman–Crippen MR) is 57.4 cm³/mol. The number of nitrogens with zero attached hydrogens (tertiary/aromatic N) is 4. The average Bonchev–Trinajstić information content (AvgIpc) is 2.65. The minimum atomic E-state index is -0.182. The SMILES string of the molecule is Cn1nnnc1NC1CCC(C(N)=O)CC1. The van der Waals surface area contributed by atoms with Crippen LogP contribution in [0.1, 0.15) is 25.7 Å². The summed E-state index contributed by atoms with van der Waals surface area (Å²) < 4.78 is 1.60. The van der Waals surface area contributed by atoms with Gasteiger partial charge in [-0.25, -0.2) is 4.68 Å². The summed E-state index contributed by atoms with van der Waals surface area (Å²) in [5.74, 6) is 0.525. The normalized spacial score (nSPS) is 25.3. The van der Waals surface area contributed by atoms with Crippen LogP contribution in [0, 0.1) is 5.92 Å². The third-order valence-corrected chi connectivity index (χ3v) is 3.08. The fourth-order valence-corrected chi connectivity index (χ4v) is 2.06. The molecule has 1 aromatic rings. The molecule has 1 aromatic heterocycles.